The minimum atomic E-state index is -0.314. The van der Waals surface area contributed by atoms with Crippen molar-refractivity contribution in [2.24, 2.45) is 0 Å². The summed E-state index contributed by atoms with van der Waals surface area (Å²) in [6.45, 7) is 0.419. The summed E-state index contributed by atoms with van der Waals surface area (Å²) in [4.78, 5) is 19.7. The van der Waals surface area contributed by atoms with Crippen LogP contribution in [-0.2, 0) is 17.8 Å². The molecule has 3 nitrogen and oxygen atoms in total. The van der Waals surface area contributed by atoms with Crippen LogP contribution in [-0.4, -0.2) is 10.9 Å². The number of pyridine rings is 1. The Balaban J connectivity index is 1.78. The van der Waals surface area contributed by atoms with Crippen LogP contribution in [0.1, 0.15) is 16.9 Å². The van der Waals surface area contributed by atoms with Crippen LogP contribution in [0.2, 0.25) is 0 Å². The summed E-state index contributed by atoms with van der Waals surface area (Å²) in [5.74, 6) is -0.301. The van der Waals surface area contributed by atoms with Gasteiger partial charge in [-0.2, -0.15) is 0 Å². The number of hydrogen-bond donors (Lipinski definition) is 0. The highest BCUT2D eigenvalue weighted by molar-refractivity contribution is 7.09. The first-order valence-electron chi connectivity index (χ1n) is 7.69. The zero-order valence-corrected chi connectivity index (χ0v) is 13.9. The maximum absolute atomic E-state index is 13.2. The molecule has 0 N–H and O–H groups in total. The summed E-state index contributed by atoms with van der Waals surface area (Å²) >= 11 is 1.65. The fourth-order valence-electron chi connectivity index (χ4n) is 2.44. The molecule has 0 aliphatic heterocycles. The van der Waals surface area contributed by atoms with E-state index in [2.05, 4.69) is 4.98 Å². The summed E-state index contributed by atoms with van der Waals surface area (Å²) in [5.41, 5.74) is 1.63. The van der Waals surface area contributed by atoms with Crippen molar-refractivity contribution in [2.45, 2.75) is 19.4 Å². The van der Waals surface area contributed by atoms with Crippen molar-refractivity contribution >= 4 is 22.9 Å². The van der Waals surface area contributed by atoms with E-state index < -0.39 is 0 Å². The van der Waals surface area contributed by atoms with Crippen molar-refractivity contribution in [1.29, 1.82) is 0 Å². The number of thiophene rings is 1. The van der Waals surface area contributed by atoms with Crippen LogP contribution in [0.5, 0.6) is 0 Å². The summed E-state index contributed by atoms with van der Waals surface area (Å²) < 4.78 is 13.2. The number of hydrogen-bond acceptors (Lipinski definition) is 3. The highest BCUT2D eigenvalue weighted by Gasteiger charge is 2.16. The number of anilines is 1. The molecule has 24 heavy (non-hydrogen) atoms. The molecule has 0 fully saturated rings. The molecule has 3 aromatic rings. The number of aromatic nitrogens is 1. The van der Waals surface area contributed by atoms with Gasteiger partial charge in [0.05, 0.1) is 6.54 Å². The summed E-state index contributed by atoms with van der Waals surface area (Å²) in [6, 6.07) is 13.8. The molecular weight excluding hydrogens is 323 g/mol. The Morgan fingerprint density at radius 2 is 1.96 bits per heavy atom. The fraction of sp³-hybridized carbons (Fsp3) is 0.158. The average molecular weight is 340 g/mol. The fourth-order valence-corrected chi connectivity index (χ4v) is 3.15. The lowest BCUT2D eigenvalue weighted by atomic mass is 10.2. The van der Waals surface area contributed by atoms with Crippen molar-refractivity contribution < 1.29 is 9.18 Å². The average Bonchev–Trinajstić information content (AvgIpc) is 3.13. The second kappa shape index (κ2) is 7.84. The second-order valence-corrected chi connectivity index (χ2v) is 6.43. The molecule has 5 heteroatoms. The molecule has 0 aliphatic rings. The number of amides is 1. The smallest absolute Gasteiger partial charge is 0.227 e. The second-order valence-electron chi connectivity index (χ2n) is 5.40. The minimum Gasteiger partial charge on any atom is -0.308 e. The molecule has 0 bridgehead atoms. The SMILES string of the molecule is O=C(CCc1cccs1)N(Cc1cccnc1)c1ccc(F)cc1. The molecule has 122 valence electrons. The maximum atomic E-state index is 13.2. The minimum absolute atomic E-state index is 0.0128. The van der Waals surface area contributed by atoms with E-state index in [1.165, 1.54) is 17.0 Å². The molecule has 0 saturated heterocycles. The Bertz CT molecular complexity index is 773. The van der Waals surface area contributed by atoms with E-state index in [1.54, 1.807) is 40.8 Å². The maximum Gasteiger partial charge on any atom is 0.227 e. The van der Waals surface area contributed by atoms with E-state index >= 15 is 0 Å². The first-order valence-corrected chi connectivity index (χ1v) is 8.57. The van der Waals surface area contributed by atoms with Crippen molar-refractivity contribution in [2.75, 3.05) is 4.90 Å². The van der Waals surface area contributed by atoms with E-state index in [0.717, 1.165) is 5.56 Å². The van der Waals surface area contributed by atoms with Gasteiger partial charge in [0.15, 0.2) is 0 Å². The molecular formula is C19H17FN2OS. The van der Waals surface area contributed by atoms with Gasteiger partial charge in [-0.3, -0.25) is 9.78 Å². The lowest BCUT2D eigenvalue weighted by molar-refractivity contribution is -0.118. The van der Waals surface area contributed by atoms with Crippen LogP contribution in [0.4, 0.5) is 10.1 Å². The number of nitrogens with zero attached hydrogens (tertiary/aromatic N) is 2. The van der Waals surface area contributed by atoms with Gasteiger partial charge in [-0.15, -0.1) is 11.3 Å². The van der Waals surface area contributed by atoms with Crippen LogP contribution in [0.15, 0.2) is 66.3 Å². The van der Waals surface area contributed by atoms with Gasteiger partial charge in [0, 0.05) is 29.4 Å². The van der Waals surface area contributed by atoms with Gasteiger partial charge in [0.1, 0.15) is 5.82 Å². The van der Waals surface area contributed by atoms with Crippen LogP contribution < -0.4 is 4.90 Å². The van der Waals surface area contributed by atoms with Crippen LogP contribution >= 0.6 is 11.3 Å². The molecule has 3 rings (SSSR count). The predicted octanol–water partition coefficient (Wildman–Crippen LogP) is 4.45. The topological polar surface area (TPSA) is 33.2 Å². The van der Waals surface area contributed by atoms with Gasteiger partial charge in [-0.25, -0.2) is 4.39 Å². The summed E-state index contributed by atoms with van der Waals surface area (Å²) in [6.07, 6.45) is 4.56. The van der Waals surface area contributed by atoms with Crippen molar-refractivity contribution in [3.05, 3.63) is 82.6 Å². The van der Waals surface area contributed by atoms with E-state index in [4.69, 9.17) is 0 Å². The predicted molar refractivity (Wildman–Crippen MR) is 94.5 cm³/mol. The van der Waals surface area contributed by atoms with Gasteiger partial charge in [-0.05, 0) is 53.8 Å². The van der Waals surface area contributed by atoms with Gasteiger partial charge >= 0.3 is 0 Å². The molecule has 0 radical (unpaired) electrons. The Morgan fingerprint density at radius 1 is 1.12 bits per heavy atom. The van der Waals surface area contributed by atoms with Gasteiger partial charge in [-0.1, -0.05) is 12.1 Å². The lowest BCUT2D eigenvalue weighted by Gasteiger charge is -2.23. The number of benzene rings is 1. The molecule has 1 amide bonds. The van der Waals surface area contributed by atoms with Gasteiger partial charge < -0.3 is 4.90 Å². The van der Waals surface area contributed by atoms with Gasteiger partial charge in [0.25, 0.3) is 0 Å². The van der Waals surface area contributed by atoms with E-state index in [9.17, 15) is 9.18 Å². The Morgan fingerprint density at radius 3 is 2.62 bits per heavy atom. The lowest BCUT2D eigenvalue weighted by Crippen LogP contribution is -2.30. The number of aryl methyl sites for hydroxylation is 1. The molecule has 2 heterocycles. The molecule has 0 aliphatic carbocycles. The normalized spacial score (nSPS) is 10.5. The number of halogens is 1. The zero-order valence-electron chi connectivity index (χ0n) is 13.1. The Hall–Kier alpha value is -2.53. The first-order chi connectivity index (χ1) is 11.7. The highest BCUT2D eigenvalue weighted by atomic mass is 32.1. The third kappa shape index (κ3) is 4.26. The Kier molecular flexibility index (Phi) is 5.33. The van der Waals surface area contributed by atoms with Crippen LogP contribution in [0.25, 0.3) is 0 Å². The van der Waals surface area contributed by atoms with Crippen molar-refractivity contribution in [1.82, 2.24) is 4.98 Å². The number of carbonyl (C=O) groups excluding carboxylic acids is 1. The van der Waals surface area contributed by atoms with Gasteiger partial charge in [0.2, 0.25) is 5.91 Å². The van der Waals surface area contributed by atoms with E-state index in [-0.39, 0.29) is 11.7 Å². The van der Waals surface area contributed by atoms with Crippen LogP contribution in [0.3, 0.4) is 0 Å². The standard InChI is InChI=1S/C19H17FN2OS/c20-16-5-7-17(8-6-16)22(14-15-3-1-11-21-13-15)19(23)10-9-18-4-2-12-24-18/h1-8,11-13H,9-10,14H2. The van der Waals surface area contributed by atoms with E-state index in [0.29, 0.717) is 25.1 Å². The Labute approximate surface area is 144 Å². The highest BCUT2D eigenvalue weighted by Crippen LogP contribution is 2.20. The third-order valence-corrected chi connectivity index (χ3v) is 4.60. The van der Waals surface area contributed by atoms with Crippen molar-refractivity contribution in [3.8, 4) is 0 Å². The molecule has 0 saturated carbocycles. The van der Waals surface area contributed by atoms with Crippen LogP contribution in [0, 0.1) is 5.82 Å². The monoisotopic (exact) mass is 340 g/mol. The van der Waals surface area contributed by atoms with Crippen molar-refractivity contribution in [3.63, 3.8) is 0 Å². The molecule has 1 aromatic carbocycles. The summed E-state index contributed by atoms with van der Waals surface area (Å²) in [7, 11) is 0. The van der Waals surface area contributed by atoms with E-state index in [1.807, 2.05) is 29.6 Å². The molecule has 2 aromatic heterocycles. The largest absolute Gasteiger partial charge is 0.308 e. The molecule has 0 spiro atoms. The number of rotatable bonds is 6. The molecule has 0 atom stereocenters. The summed E-state index contributed by atoms with van der Waals surface area (Å²) in [5, 5.41) is 2.01. The zero-order chi connectivity index (χ0) is 16.8. The third-order valence-electron chi connectivity index (χ3n) is 3.67. The first kappa shape index (κ1) is 16.3. The molecule has 0 unspecified atom stereocenters. The number of carbonyl (C=O) groups is 1. The quantitative estimate of drug-likeness (QED) is 0.664.